The molecular formula is C11H24N2O. The van der Waals surface area contributed by atoms with Crippen LogP contribution in [0.25, 0.3) is 0 Å². The monoisotopic (exact) mass is 200 g/mol. The molecular weight excluding hydrogens is 176 g/mol. The van der Waals surface area contributed by atoms with Crippen LogP contribution < -0.4 is 5.73 Å². The minimum Gasteiger partial charge on any atom is -0.377 e. The van der Waals surface area contributed by atoms with Gasteiger partial charge in [0, 0.05) is 25.7 Å². The first-order chi connectivity index (χ1) is 6.77. The molecule has 3 heteroatoms. The van der Waals surface area contributed by atoms with Crippen LogP contribution in [0.15, 0.2) is 0 Å². The highest BCUT2D eigenvalue weighted by Gasteiger charge is 2.21. The van der Waals surface area contributed by atoms with Crippen LogP contribution in [0.1, 0.15) is 33.1 Å². The zero-order valence-electron chi connectivity index (χ0n) is 9.54. The maximum atomic E-state index is 5.64. The van der Waals surface area contributed by atoms with Crippen molar-refractivity contribution in [3.63, 3.8) is 0 Å². The molecule has 0 saturated carbocycles. The Balaban J connectivity index is 2.17. The summed E-state index contributed by atoms with van der Waals surface area (Å²) in [6, 6.07) is 0.727. The molecule has 1 unspecified atom stereocenters. The Labute approximate surface area is 87.6 Å². The lowest BCUT2D eigenvalue weighted by Crippen LogP contribution is -2.42. The molecule has 1 aliphatic rings. The number of hydrogen-bond donors (Lipinski definition) is 1. The summed E-state index contributed by atoms with van der Waals surface area (Å²) >= 11 is 0. The highest BCUT2D eigenvalue weighted by molar-refractivity contribution is 4.75. The van der Waals surface area contributed by atoms with E-state index in [1.807, 2.05) is 0 Å². The van der Waals surface area contributed by atoms with E-state index in [9.17, 15) is 0 Å². The Morgan fingerprint density at radius 1 is 1.43 bits per heavy atom. The van der Waals surface area contributed by atoms with Gasteiger partial charge in [0.05, 0.1) is 12.7 Å². The number of hydrogen-bond acceptors (Lipinski definition) is 3. The average Bonchev–Trinajstić information content (AvgIpc) is 2.26. The van der Waals surface area contributed by atoms with Crippen LogP contribution in [-0.4, -0.2) is 43.3 Å². The van der Waals surface area contributed by atoms with E-state index in [4.69, 9.17) is 10.5 Å². The summed E-state index contributed by atoms with van der Waals surface area (Å²) in [5.74, 6) is 0. The minimum absolute atomic E-state index is 0.457. The number of nitrogens with two attached hydrogens (primary N) is 1. The maximum Gasteiger partial charge on any atom is 0.0600 e. The van der Waals surface area contributed by atoms with Gasteiger partial charge in [-0.3, -0.25) is 0 Å². The quantitative estimate of drug-likeness (QED) is 0.725. The van der Waals surface area contributed by atoms with Gasteiger partial charge in [-0.25, -0.2) is 0 Å². The van der Waals surface area contributed by atoms with Gasteiger partial charge in [-0.1, -0.05) is 6.92 Å². The molecule has 0 aromatic heterocycles. The van der Waals surface area contributed by atoms with Crippen molar-refractivity contribution < 1.29 is 4.74 Å². The number of ether oxygens (including phenoxy) is 1. The lowest BCUT2D eigenvalue weighted by atomic mass is 10.1. The molecule has 1 saturated heterocycles. The van der Waals surface area contributed by atoms with Crippen molar-refractivity contribution in [3.8, 4) is 0 Å². The molecule has 2 N–H and O–H groups in total. The summed E-state index contributed by atoms with van der Waals surface area (Å²) in [6.07, 6.45) is 4.04. The van der Waals surface area contributed by atoms with Crippen LogP contribution in [0.2, 0.25) is 0 Å². The van der Waals surface area contributed by atoms with Crippen LogP contribution >= 0.6 is 0 Å². The first kappa shape index (κ1) is 12.0. The van der Waals surface area contributed by atoms with Crippen molar-refractivity contribution in [1.82, 2.24) is 4.90 Å². The Morgan fingerprint density at radius 3 is 2.57 bits per heavy atom. The van der Waals surface area contributed by atoms with Crippen molar-refractivity contribution in [3.05, 3.63) is 0 Å². The molecule has 84 valence electrons. The number of nitrogens with zero attached hydrogens (tertiary/aromatic N) is 1. The van der Waals surface area contributed by atoms with Gasteiger partial charge in [-0.2, -0.15) is 0 Å². The topological polar surface area (TPSA) is 38.5 Å². The predicted molar refractivity (Wildman–Crippen MR) is 59.4 cm³/mol. The first-order valence-electron chi connectivity index (χ1n) is 5.83. The van der Waals surface area contributed by atoms with E-state index in [2.05, 4.69) is 18.7 Å². The fourth-order valence-electron chi connectivity index (χ4n) is 1.98. The molecule has 0 bridgehead atoms. The second-order valence-electron chi connectivity index (χ2n) is 4.15. The third-order valence-corrected chi connectivity index (χ3v) is 3.16. The number of rotatable bonds is 5. The van der Waals surface area contributed by atoms with Gasteiger partial charge in [0.25, 0.3) is 0 Å². The highest BCUT2D eigenvalue weighted by Crippen LogP contribution is 2.16. The largest absolute Gasteiger partial charge is 0.377 e. The van der Waals surface area contributed by atoms with Crippen LogP contribution in [0.3, 0.4) is 0 Å². The third kappa shape index (κ3) is 3.56. The van der Waals surface area contributed by atoms with E-state index in [0.29, 0.717) is 19.3 Å². The van der Waals surface area contributed by atoms with Crippen molar-refractivity contribution in [2.45, 2.75) is 45.3 Å². The second-order valence-corrected chi connectivity index (χ2v) is 4.15. The molecule has 1 fully saturated rings. The molecule has 0 spiro atoms. The van der Waals surface area contributed by atoms with E-state index < -0.39 is 0 Å². The average molecular weight is 200 g/mol. The minimum atomic E-state index is 0.457. The van der Waals surface area contributed by atoms with E-state index in [-0.39, 0.29) is 0 Å². The Kier molecular flexibility index (Phi) is 5.45. The Morgan fingerprint density at radius 2 is 2.07 bits per heavy atom. The first-order valence-corrected chi connectivity index (χ1v) is 5.83. The summed E-state index contributed by atoms with van der Waals surface area (Å²) in [5.41, 5.74) is 5.41. The molecule has 0 amide bonds. The van der Waals surface area contributed by atoms with Gasteiger partial charge < -0.3 is 15.4 Å². The van der Waals surface area contributed by atoms with Crippen LogP contribution in [0.4, 0.5) is 0 Å². The fourth-order valence-corrected chi connectivity index (χ4v) is 1.98. The second kappa shape index (κ2) is 6.38. The lowest BCUT2D eigenvalue weighted by Gasteiger charge is -2.35. The van der Waals surface area contributed by atoms with Gasteiger partial charge in [0.2, 0.25) is 0 Å². The molecule has 14 heavy (non-hydrogen) atoms. The van der Waals surface area contributed by atoms with Crippen LogP contribution in [-0.2, 0) is 4.74 Å². The molecule has 3 nitrogen and oxygen atoms in total. The van der Waals surface area contributed by atoms with Gasteiger partial charge in [0.15, 0.2) is 0 Å². The Bertz CT molecular complexity index is 144. The van der Waals surface area contributed by atoms with Crippen molar-refractivity contribution in [1.29, 1.82) is 0 Å². The zero-order valence-corrected chi connectivity index (χ0v) is 9.54. The zero-order chi connectivity index (χ0) is 10.4. The highest BCUT2D eigenvalue weighted by atomic mass is 16.5. The van der Waals surface area contributed by atoms with E-state index in [1.54, 1.807) is 0 Å². The molecule has 1 heterocycles. The SMILES string of the molecule is CCC(C)N1CCC(OCCN)CC1. The van der Waals surface area contributed by atoms with Crippen molar-refractivity contribution in [2.75, 3.05) is 26.2 Å². The van der Waals surface area contributed by atoms with E-state index in [1.165, 1.54) is 32.4 Å². The standard InChI is InChI=1S/C11H24N2O/c1-3-10(2)13-7-4-11(5-8-13)14-9-6-12/h10-11H,3-9,12H2,1-2H3. The summed E-state index contributed by atoms with van der Waals surface area (Å²) in [4.78, 5) is 2.56. The number of piperidine rings is 1. The van der Waals surface area contributed by atoms with Crippen molar-refractivity contribution in [2.24, 2.45) is 5.73 Å². The maximum absolute atomic E-state index is 5.64. The van der Waals surface area contributed by atoms with Crippen LogP contribution in [0, 0.1) is 0 Å². The van der Waals surface area contributed by atoms with Crippen LogP contribution in [0.5, 0.6) is 0 Å². The smallest absolute Gasteiger partial charge is 0.0600 e. The molecule has 0 radical (unpaired) electrons. The van der Waals surface area contributed by atoms with E-state index >= 15 is 0 Å². The Hall–Kier alpha value is -0.120. The molecule has 1 rings (SSSR count). The van der Waals surface area contributed by atoms with Gasteiger partial charge in [-0.05, 0) is 26.2 Å². The van der Waals surface area contributed by atoms with Gasteiger partial charge >= 0.3 is 0 Å². The normalized spacial score (nSPS) is 22.5. The molecule has 1 atom stereocenters. The summed E-state index contributed by atoms with van der Waals surface area (Å²) in [7, 11) is 0. The predicted octanol–water partition coefficient (Wildman–Crippen LogP) is 1.22. The fraction of sp³-hybridized carbons (Fsp3) is 1.00. The lowest BCUT2D eigenvalue weighted by molar-refractivity contribution is 0.00302. The molecule has 0 aromatic rings. The molecule has 0 aromatic carbocycles. The summed E-state index contributed by atoms with van der Waals surface area (Å²) < 4.78 is 5.64. The van der Waals surface area contributed by atoms with Gasteiger partial charge in [-0.15, -0.1) is 0 Å². The van der Waals surface area contributed by atoms with Crippen molar-refractivity contribution >= 4 is 0 Å². The summed E-state index contributed by atoms with van der Waals surface area (Å²) in [6.45, 7) is 8.29. The molecule has 0 aliphatic carbocycles. The summed E-state index contributed by atoms with van der Waals surface area (Å²) in [5, 5.41) is 0. The number of likely N-dealkylation sites (tertiary alicyclic amines) is 1. The third-order valence-electron chi connectivity index (χ3n) is 3.16. The van der Waals surface area contributed by atoms with E-state index in [0.717, 1.165) is 6.04 Å². The molecule has 1 aliphatic heterocycles. The van der Waals surface area contributed by atoms with Gasteiger partial charge in [0.1, 0.15) is 0 Å².